The summed E-state index contributed by atoms with van der Waals surface area (Å²) in [4.78, 5) is 11.8. The summed E-state index contributed by atoms with van der Waals surface area (Å²) in [5.74, 6) is -0.621. The molecule has 0 aliphatic rings. The van der Waals surface area contributed by atoms with Crippen LogP contribution < -0.4 is 10.6 Å². The highest BCUT2D eigenvalue weighted by Crippen LogP contribution is 2.21. The van der Waals surface area contributed by atoms with Crippen molar-refractivity contribution in [1.82, 2.24) is 5.32 Å². The van der Waals surface area contributed by atoms with Crippen molar-refractivity contribution >= 4 is 23.2 Å². The van der Waals surface area contributed by atoms with Gasteiger partial charge in [0.1, 0.15) is 5.82 Å². The second kappa shape index (κ2) is 7.20. The van der Waals surface area contributed by atoms with Gasteiger partial charge in [0.2, 0.25) is 5.91 Å². The third-order valence-corrected chi connectivity index (χ3v) is 3.39. The Morgan fingerprint density at radius 3 is 2.71 bits per heavy atom. The van der Waals surface area contributed by atoms with E-state index in [1.807, 2.05) is 31.2 Å². The Balaban J connectivity index is 1.88. The molecule has 1 amide bonds. The highest BCUT2D eigenvalue weighted by atomic mass is 35.5. The summed E-state index contributed by atoms with van der Waals surface area (Å²) in [5.41, 5.74) is 1.37. The Bertz CT molecular complexity index is 633. The molecule has 0 bridgehead atoms. The fraction of sp³-hybridized carbons (Fsp3) is 0.188. The molecule has 3 nitrogen and oxygen atoms in total. The Hall–Kier alpha value is -1.91. The topological polar surface area (TPSA) is 41.1 Å². The lowest BCUT2D eigenvalue weighted by Crippen LogP contribution is -2.30. The summed E-state index contributed by atoms with van der Waals surface area (Å²) in [6.45, 7) is 2.04. The van der Waals surface area contributed by atoms with Crippen LogP contribution in [0.4, 0.5) is 10.1 Å². The van der Waals surface area contributed by atoms with Crippen LogP contribution in [0.25, 0.3) is 0 Å². The van der Waals surface area contributed by atoms with E-state index in [4.69, 9.17) is 11.6 Å². The third kappa shape index (κ3) is 4.55. The molecule has 0 aliphatic heterocycles. The predicted octanol–water partition coefficient (Wildman–Crippen LogP) is 3.77. The van der Waals surface area contributed by atoms with Crippen LogP contribution in [0, 0.1) is 5.82 Å². The van der Waals surface area contributed by atoms with E-state index < -0.39 is 0 Å². The maximum absolute atomic E-state index is 13.0. The Kier molecular flexibility index (Phi) is 5.31. The number of carbonyl (C=O) groups is 1. The first-order valence-corrected chi connectivity index (χ1v) is 6.97. The second-order valence-corrected chi connectivity index (χ2v) is 5.09. The van der Waals surface area contributed by atoms with Crippen LogP contribution in [0.5, 0.6) is 0 Å². The zero-order valence-corrected chi connectivity index (χ0v) is 12.3. The van der Waals surface area contributed by atoms with Crippen molar-refractivity contribution in [2.24, 2.45) is 0 Å². The van der Waals surface area contributed by atoms with Crippen LogP contribution in [-0.2, 0) is 4.79 Å². The molecule has 0 unspecified atom stereocenters. The van der Waals surface area contributed by atoms with Gasteiger partial charge < -0.3 is 10.6 Å². The van der Waals surface area contributed by atoms with E-state index in [1.165, 1.54) is 12.1 Å². The number of nitrogens with one attached hydrogen (secondary N) is 2. The van der Waals surface area contributed by atoms with E-state index in [1.54, 1.807) is 12.1 Å². The minimum absolute atomic E-state index is 0.0584. The number of anilines is 1. The highest BCUT2D eigenvalue weighted by molar-refractivity contribution is 6.31. The molecule has 0 spiro atoms. The molecule has 0 heterocycles. The minimum Gasteiger partial charge on any atom is -0.325 e. The number of hydrogen-bond donors (Lipinski definition) is 2. The monoisotopic (exact) mass is 306 g/mol. The average Bonchev–Trinajstić information content (AvgIpc) is 2.45. The normalized spacial score (nSPS) is 12.0. The van der Waals surface area contributed by atoms with E-state index in [0.29, 0.717) is 10.7 Å². The molecule has 2 N–H and O–H groups in total. The molecule has 0 aromatic heterocycles. The van der Waals surface area contributed by atoms with Crippen molar-refractivity contribution in [2.75, 3.05) is 11.9 Å². The summed E-state index contributed by atoms with van der Waals surface area (Å²) in [6, 6.07) is 13.2. The van der Waals surface area contributed by atoms with Gasteiger partial charge >= 0.3 is 0 Å². The molecule has 1 atom stereocenters. The number of amides is 1. The highest BCUT2D eigenvalue weighted by Gasteiger charge is 2.10. The van der Waals surface area contributed by atoms with Crippen molar-refractivity contribution in [3.8, 4) is 0 Å². The maximum atomic E-state index is 13.0. The minimum atomic E-state index is -0.384. The molecule has 2 rings (SSSR count). The molecule has 2 aromatic carbocycles. The van der Waals surface area contributed by atoms with Gasteiger partial charge in [0.15, 0.2) is 0 Å². The van der Waals surface area contributed by atoms with Gasteiger partial charge in [-0.05, 0) is 36.8 Å². The van der Waals surface area contributed by atoms with Crippen molar-refractivity contribution in [3.63, 3.8) is 0 Å². The molecule has 21 heavy (non-hydrogen) atoms. The molecule has 0 aliphatic carbocycles. The van der Waals surface area contributed by atoms with E-state index in [2.05, 4.69) is 10.6 Å². The molecule has 110 valence electrons. The van der Waals surface area contributed by atoms with E-state index in [-0.39, 0.29) is 24.3 Å². The van der Waals surface area contributed by atoms with Gasteiger partial charge in [-0.1, -0.05) is 35.9 Å². The van der Waals surface area contributed by atoms with Gasteiger partial charge in [0.05, 0.1) is 6.54 Å². The maximum Gasteiger partial charge on any atom is 0.238 e. The number of benzene rings is 2. The predicted molar refractivity (Wildman–Crippen MR) is 82.9 cm³/mol. The van der Waals surface area contributed by atoms with E-state index in [9.17, 15) is 9.18 Å². The lowest BCUT2D eigenvalue weighted by atomic mass is 10.1. The first kappa shape index (κ1) is 15.5. The smallest absolute Gasteiger partial charge is 0.238 e. The summed E-state index contributed by atoms with van der Waals surface area (Å²) in [6.07, 6.45) is 0. The Morgan fingerprint density at radius 2 is 2.00 bits per heavy atom. The number of halogens is 2. The molecule has 0 saturated heterocycles. The quantitative estimate of drug-likeness (QED) is 0.883. The molecule has 5 heteroatoms. The van der Waals surface area contributed by atoms with E-state index >= 15 is 0 Å². The zero-order chi connectivity index (χ0) is 15.2. The molecule has 2 aromatic rings. The third-order valence-electron chi connectivity index (χ3n) is 3.05. The van der Waals surface area contributed by atoms with Crippen LogP contribution in [0.3, 0.4) is 0 Å². The lowest BCUT2D eigenvalue weighted by molar-refractivity contribution is -0.115. The Morgan fingerprint density at radius 1 is 1.24 bits per heavy atom. The van der Waals surface area contributed by atoms with Crippen LogP contribution in [0.15, 0.2) is 48.5 Å². The fourth-order valence-electron chi connectivity index (χ4n) is 1.95. The van der Waals surface area contributed by atoms with Gasteiger partial charge in [-0.2, -0.15) is 0 Å². The van der Waals surface area contributed by atoms with Crippen molar-refractivity contribution in [3.05, 3.63) is 64.9 Å². The molecular weight excluding hydrogens is 291 g/mol. The fourth-order valence-corrected chi connectivity index (χ4v) is 2.25. The van der Waals surface area contributed by atoms with E-state index in [0.717, 1.165) is 5.56 Å². The van der Waals surface area contributed by atoms with Gasteiger partial charge in [0.25, 0.3) is 0 Å². The number of rotatable bonds is 5. The van der Waals surface area contributed by atoms with Crippen molar-refractivity contribution in [1.29, 1.82) is 0 Å². The summed E-state index contributed by atoms with van der Waals surface area (Å²) in [5, 5.41) is 6.37. The summed E-state index contributed by atoms with van der Waals surface area (Å²) >= 11 is 6.10. The lowest BCUT2D eigenvalue weighted by Gasteiger charge is -2.15. The largest absolute Gasteiger partial charge is 0.325 e. The zero-order valence-electron chi connectivity index (χ0n) is 11.6. The molecule has 0 fully saturated rings. The summed E-state index contributed by atoms with van der Waals surface area (Å²) in [7, 11) is 0. The van der Waals surface area contributed by atoms with Gasteiger partial charge in [-0.3, -0.25) is 4.79 Å². The first-order chi connectivity index (χ1) is 10.1. The van der Waals surface area contributed by atoms with Gasteiger partial charge in [-0.15, -0.1) is 0 Å². The van der Waals surface area contributed by atoms with Gasteiger partial charge in [-0.25, -0.2) is 4.39 Å². The van der Waals surface area contributed by atoms with Gasteiger partial charge in [0, 0.05) is 16.8 Å². The van der Waals surface area contributed by atoms with Crippen molar-refractivity contribution in [2.45, 2.75) is 13.0 Å². The van der Waals surface area contributed by atoms with Crippen LogP contribution in [0.2, 0.25) is 5.02 Å². The Labute approximate surface area is 128 Å². The standard InChI is InChI=1S/C16H16ClFN2O/c1-11(14-7-2-3-8-15(14)17)19-10-16(21)20-13-6-4-5-12(18)9-13/h2-9,11,19H,10H2,1H3,(H,20,21)/t11-/m0/s1. The van der Waals surface area contributed by atoms with Crippen LogP contribution in [-0.4, -0.2) is 12.5 Å². The molecule has 0 saturated carbocycles. The van der Waals surface area contributed by atoms with Crippen LogP contribution in [0.1, 0.15) is 18.5 Å². The van der Waals surface area contributed by atoms with Crippen LogP contribution >= 0.6 is 11.6 Å². The number of carbonyl (C=O) groups excluding carboxylic acids is 1. The second-order valence-electron chi connectivity index (χ2n) is 4.68. The SMILES string of the molecule is C[C@H](NCC(=O)Nc1cccc(F)c1)c1ccccc1Cl. The first-order valence-electron chi connectivity index (χ1n) is 6.59. The average molecular weight is 307 g/mol. The summed E-state index contributed by atoms with van der Waals surface area (Å²) < 4.78 is 13.0. The molecular formula is C16H16ClFN2O. The number of hydrogen-bond acceptors (Lipinski definition) is 2. The van der Waals surface area contributed by atoms with Crippen molar-refractivity contribution < 1.29 is 9.18 Å². The molecule has 0 radical (unpaired) electrons.